The van der Waals surface area contributed by atoms with Gasteiger partial charge in [-0.3, -0.25) is 0 Å². The molecule has 0 bridgehead atoms. The van der Waals surface area contributed by atoms with Crippen LogP contribution in [0.25, 0.3) is 11.3 Å². The summed E-state index contributed by atoms with van der Waals surface area (Å²) in [6, 6.07) is 11.6. The highest BCUT2D eigenvalue weighted by Gasteiger charge is 2.00. The molecule has 0 aliphatic carbocycles. The van der Waals surface area contributed by atoms with Gasteiger partial charge in [-0.25, -0.2) is 0 Å². The molecule has 82 valence electrons. The number of aromatic nitrogens is 2. The third-order valence-corrected chi connectivity index (χ3v) is 2.31. The molecule has 2 aromatic rings. The van der Waals surface area contributed by atoms with Crippen molar-refractivity contribution in [2.75, 3.05) is 19.5 Å². The molecule has 4 heteroatoms. The van der Waals surface area contributed by atoms with Gasteiger partial charge in [-0.2, -0.15) is 0 Å². The minimum absolute atomic E-state index is 0.761. The Morgan fingerprint density at radius 2 is 1.75 bits per heavy atom. The van der Waals surface area contributed by atoms with Crippen LogP contribution in [-0.2, 0) is 0 Å². The van der Waals surface area contributed by atoms with Gasteiger partial charge in [0.2, 0.25) is 0 Å². The van der Waals surface area contributed by atoms with Crippen LogP contribution in [0, 0.1) is 0 Å². The highest BCUT2D eigenvalue weighted by atomic mass is 16.5. The van der Waals surface area contributed by atoms with Crippen LogP contribution in [-0.4, -0.2) is 24.4 Å². The molecule has 0 saturated carbocycles. The first-order valence-electron chi connectivity index (χ1n) is 4.99. The lowest BCUT2D eigenvalue weighted by Crippen LogP contribution is -1.95. The Labute approximate surface area is 94.3 Å². The minimum Gasteiger partial charge on any atom is -0.497 e. The third kappa shape index (κ3) is 2.11. The summed E-state index contributed by atoms with van der Waals surface area (Å²) in [5.41, 5.74) is 1.87. The molecule has 0 amide bonds. The van der Waals surface area contributed by atoms with Gasteiger partial charge in [-0.05, 0) is 36.4 Å². The Kier molecular flexibility index (Phi) is 3.00. The molecule has 1 heterocycles. The maximum atomic E-state index is 5.10. The predicted molar refractivity (Wildman–Crippen MR) is 63.6 cm³/mol. The fraction of sp³-hybridized carbons (Fsp3) is 0.167. The van der Waals surface area contributed by atoms with Crippen molar-refractivity contribution in [2.24, 2.45) is 0 Å². The Balaban J connectivity index is 2.28. The normalized spacial score (nSPS) is 9.88. The Morgan fingerprint density at radius 3 is 2.25 bits per heavy atom. The van der Waals surface area contributed by atoms with Crippen LogP contribution in [0.1, 0.15) is 0 Å². The van der Waals surface area contributed by atoms with E-state index in [2.05, 4.69) is 15.5 Å². The van der Waals surface area contributed by atoms with Crippen LogP contribution in [0.2, 0.25) is 0 Å². The molecule has 0 aliphatic rings. The summed E-state index contributed by atoms with van der Waals surface area (Å²) in [5, 5.41) is 11.1. The molecule has 4 nitrogen and oxygen atoms in total. The second-order valence-electron chi connectivity index (χ2n) is 3.28. The van der Waals surface area contributed by atoms with E-state index in [1.165, 1.54) is 0 Å². The fourth-order valence-electron chi connectivity index (χ4n) is 1.38. The van der Waals surface area contributed by atoms with Crippen molar-refractivity contribution in [1.29, 1.82) is 0 Å². The van der Waals surface area contributed by atoms with Crippen LogP contribution in [0.5, 0.6) is 5.75 Å². The van der Waals surface area contributed by atoms with Crippen molar-refractivity contribution in [1.82, 2.24) is 10.2 Å². The fourth-order valence-corrected chi connectivity index (χ4v) is 1.38. The molecule has 0 fully saturated rings. The average molecular weight is 215 g/mol. The quantitative estimate of drug-likeness (QED) is 0.852. The van der Waals surface area contributed by atoms with Crippen LogP contribution in [0.15, 0.2) is 36.4 Å². The van der Waals surface area contributed by atoms with E-state index in [-0.39, 0.29) is 0 Å². The van der Waals surface area contributed by atoms with Crippen molar-refractivity contribution in [3.05, 3.63) is 36.4 Å². The number of anilines is 1. The zero-order valence-electron chi connectivity index (χ0n) is 9.27. The summed E-state index contributed by atoms with van der Waals surface area (Å²) >= 11 is 0. The molecule has 1 aromatic carbocycles. The molecule has 0 saturated heterocycles. The molecular weight excluding hydrogens is 202 g/mol. The van der Waals surface area contributed by atoms with Gasteiger partial charge in [0.1, 0.15) is 11.6 Å². The van der Waals surface area contributed by atoms with E-state index in [1.54, 1.807) is 7.11 Å². The number of hydrogen-bond acceptors (Lipinski definition) is 4. The number of ether oxygens (including phenoxy) is 1. The lowest BCUT2D eigenvalue weighted by molar-refractivity contribution is 0.415. The van der Waals surface area contributed by atoms with Gasteiger partial charge in [0.25, 0.3) is 0 Å². The van der Waals surface area contributed by atoms with Crippen LogP contribution >= 0.6 is 0 Å². The summed E-state index contributed by atoms with van der Waals surface area (Å²) < 4.78 is 5.10. The van der Waals surface area contributed by atoms with E-state index in [4.69, 9.17) is 4.74 Å². The molecular formula is C12H13N3O. The van der Waals surface area contributed by atoms with Crippen molar-refractivity contribution in [3.8, 4) is 17.0 Å². The molecule has 0 aliphatic heterocycles. The standard InChI is InChI=1S/C12H13N3O/c1-13-12-8-7-11(14-15-12)9-3-5-10(16-2)6-4-9/h3-8H,1-2H3,(H,13,15). The third-order valence-electron chi connectivity index (χ3n) is 2.31. The van der Waals surface area contributed by atoms with E-state index < -0.39 is 0 Å². The number of rotatable bonds is 3. The second-order valence-corrected chi connectivity index (χ2v) is 3.28. The number of nitrogens with one attached hydrogen (secondary N) is 1. The monoisotopic (exact) mass is 215 g/mol. The average Bonchev–Trinajstić information content (AvgIpc) is 2.39. The SMILES string of the molecule is CNc1ccc(-c2ccc(OC)cc2)nn1. The van der Waals surface area contributed by atoms with E-state index in [9.17, 15) is 0 Å². The zero-order chi connectivity index (χ0) is 11.4. The summed E-state index contributed by atoms with van der Waals surface area (Å²) in [6.07, 6.45) is 0. The van der Waals surface area contributed by atoms with Gasteiger partial charge < -0.3 is 10.1 Å². The molecule has 16 heavy (non-hydrogen) atoms. The number of methoxy groups -OCH3 is 1. The topological polar surface area (TPSA) is 47.0 Å². The Bertz CT molecular complexity index is 405. The first kappa shape index (κ1) is 10.4. The van der Waals surface area contributed by atoms with Crippen molar-refractivity contribution >= 4 is 5.82 Å². The van der Waals surface area contributed by atoms with Crippen molar-refractivity contribution in [3.63, 3.8) is 0 Å². The first-order valence-corrected chi connectivity index (χ1v) is 4.99. The molecule has 1 N–H and O–H groups in total. The van der Waals surface area contributed by atoms with Crippen molar-refractivity contribution in [2.45, 2.75) is 0 Å². The predicted octanol–water partition coefficient (Wildman–Crippen LogP) is 2.19. The number of hydrogen-bond donors (Lipinski definition) is 1. The van der Waals surface area contributed by atoms with E-state index in [0.29, 0.717) is 0 Å². The summed E-state index contributed by atoms with van der Waals surface area (Å²) in [7, 11) is 3.47. The lowest BCUT2D eigenvalue weighted by atomic mass is 10.1. The van der Waals surface area contributed by atoms with Crippen molar-refractivity contribution < 1.29 is 4.74 Å². The van der Waals surface area contributed by atoms with Gasteiger partial charge in [-0.15, -0.1) is 10.2 Å². The minimum atomic E-state index is 0.761. The maximum Gasteiger partial charge on any atom is 0.148 e. The highest BCUT2D eigenvalue weighted by molar-refractivity contribution is 5.60. The van der Waals surface area contributed by atoms with Gasteiger partial charge >= 0.3 is 0 Å². The summed E-state index contributed by atoms with van der Waals surface area (Å²) in [5.74, 6) is 1.60. The zero-order valence-corrected chi connectivity index (χ0v) is 9.27. The van der Waals surface area contributed by atoms with Gasteiger partial charge in [0.15, 0.2) is 0 Å². The van der Waals surface area contributed by atoms with Gasteiger partial charge in [0.05, 0.1) is 12.8 Å². The van der Waals surface area contributed by atoms with E-state index >= 15 is 0 Å². The number of benzene rings is 1. The van der Waals surface area contributed by atoms with Crippen LogP contribution in [0.3, 0.4) is 0 Å². The first-order chi connectivity index (χ1) is 7.83. The van der Waals surface area contributed by atoms with E-state index in [1.807, 2.05) is 43.4 Å². The molecule has 0 unspecified atom stereocenters. The second kappa shape index (κ2) is 4.61. The highest BCUT2D eigenvalue weighted by Crippen LogP contribution is 2.20. The summed E-state index contributed by atoms with van der Waals surface area (Å²) in [4.78, 5) is 0. The Morgan fingerprint density at radius 1 is 1.00 bits per heavy atom. The van der Waals surface area contributed by atoms with Gasteiger partial charge in [0, 0.05) is 12.6 Å². The number of nitrogens with zero attached hydrogens (tertiary/aromatic N) is 2. The Hall–Kier alpha value is -2.10. The maximum absolute atomic E-state index is 5.10. The molecule has 1 aromatic heterocycles. The van der Waals surface area contributed by atoms with Gasteiger partial charge in [-0.1, -0.05) is 0 Å². The molecule has 0 atom stereocenters. The van der Waals surface area contributed by atoms with E-state index in [0.717, 1.165) is 22.8 Å². The molecule has 2 rings (SSSR count). The molecule has 0 spiro atoms. The lowest BCUT2D eigenvalue weighted by Gasteiger charge is -2.03. The van der Waals surface area contributed by atoms with Crippen LogP contribution < -0.4 is 10.1 Å². The van der Waals surface area contributed by atoms with Crippen LogP contribution in [0.4, 0.5) is 5.82 Å². The summed E-state index contributed by atoms with van der Waals surface area (Å²) in [6.45, 7) is 0. The largest absolute Gasteiger partial charge is 0.497 e. The molecule has 0 radical (unpaired) electrons. The smallest absolute Gasteiger partial charge is 0.148 e.